The third-order valence-corrected chi connectivity index (χ3v) is 7.93. The van der Waals surface area contributed by atoms with E-state index in [1.807, 2.05) is 0 Å². The zero-order chi connectivity index (χ0) is 19.9. The summed E-state index contributed by atoms with van der Waals surface area (Å²) in [4.78, 5) is 24.5. The first-order valence-corrected chi connectivity index (χ1v) is 10.7. The molecule has 5 nitrogen and oxygen atoms in total. The van der Waals surface area contributed by atoms with Gasteiger partial charge >= 0.3 is 11.9 Å². The zero-order valence-electron chi connectivity index (χ0n) is 16.9. The van der Waals surface area contributed by atoms with Gasteiger partial charge < -0.3 is 14.2 Å². The van der Waals surface area contributed by atoms with Crippen LogP contribution >= 0.6 is 0 Å². The van der Waals surface area contributed by atoms with Gasteiger partial charge in [0, 0.05) is 5.92 Å². The Morgan fingerprint density at radius 2 is 1.86 bits per heavy atom. The highest BCUT2D eigenvalue weighted by Crippen LogP contribution is 2.70. The molecule has 0 aromatic carbocycles. The average molecular weight is 389 g/mol. The van der Waals surface area contributed by atoms with Crippen molar-refractivity contribution in [3.63, 3.8) is 0 Å². The second-order valence-electron chi connectivity index (χ2n) is 9.17. The van der Waals surface area contributed by atoms with E-state index in [4.69, 9.17) is 14.2 Å². The molecule has 28 heavy (non-hydrogen) atoms. The van der Waals surface area contributed by atoms with Crippen LogP contribution in [0.2, 0.25) is 0 Å². The molecule has 0 saturated heterocycles. The average Bonchev–Trinajstić information content (AvgIpc) is 3.44. The van der Waals surface area contributed by atoms with Crippen LogP contribution in [-0.2, 0) is 23.8 Å². The van der Waals surface area contributed by atoms with Crippen molar-refractivity contribution in [3.8, 4) is 0 Å². The second-order valence-corrected chi connectivity index (χ2v) is 9.17. The van der Waals surface area contributed by atoms with Gasteiger partial charge in [-0.1, -0.05) is 19.6 Å². The van der Waals surface area contributed by atoms with Gasteiger partial charge in [0.25, 0.3) is 0 Å². The molecular weight excluding hydrogens is 356 g/mol. The maximum atomic E-state index is 12.5. The summed E-state index contributed by atoms with van der Waals surface area (Å²) in [7, 11) is 0. The molecule has 0 aromatic rings. The standard InChI is InChI=1S/C23H32O5/c1-4-8-26-12-14(3)22(25)27-13-19(24)28-23(5-2)11-17-10-18(23)21-16-7-6-15(9-16)20(17)21/h4,15-18,20-21H,1,3,5-13H2,2H3. The lowest BCUT2D eigenvalue weighted by atomic mass is 9.65. The van der Waals surface area contributed by atoms with Gasteiger partial charge in [0.2, 0.25) is 0 Å². The van der Waals surface area contributed by atoms with E-state index in [2.05, 4.69) is 20.1 Å². The molecule has 4 bridgehead atoms. The van der Waals surface area contributed by atoms with Crippen molar-refractivity contribution in [2.75, 3.05) is 19.8 Å². The molecule has 154 valence electrons. The van der Waals surface area contributed by atoms with Crippen molar-refractivity contribution in [1.82, 2.24) is 0 Å². The van der Waals surface area contributed by atoms with Gasteiger partial charge in [0.05, 0.1) is 18.8 Å². The Labute approximate surface area is 167 Å². The lowest BCUT2D eigenvalue weighted by molar-refractivity contribution is -0.179. The first-order valence-electron chi connectivity index (χ1n) is 10.7. The maximum Gasteiger partial charge on any atom is 0.344 e. The lowest BCUT2D eigenvalue weighted by Gasteiger charge is -2.45. The van der Waals surface area contributed by atoms with Crippen molar-refractivity contribution in [3.05, 3.63) is 24.8 Å². The molecule has 4 saturated carbocycles. The molecule has 0 amide bonds. The third-order valence-electron chi connectivity index (χ3n) is 7.93. The van der Waals surface area contributed by atoms with E-state index in [-0.39, 0.29) is 24.4 Å². The Balaban J connectivity index is 1.31. The molecule has 7 unspecified atom stereocenters. The van der Waals surface area contributed by atoms with E-state index < -0.39 is 11.9 Å². The van der Waals surface area contributed by atoms with Crippen molar-refractivity contribution < 1.29 is 23.8 Å². The van der Waals surface area contributed by atoms with E-state index in [1.54, 1.807) is 6.08 Å². The monoisotopic (exact) mass is 388 g/mol. The topological polar surface area (TPSA) is 61.8 Å². The molecular formula is C23H32O5. The number of ether oxygens (including phenoxy) is 3. The number of carbonyl (C=O) groups excluding carboxylic acids is 2. The molecule has 4 aliphatic rings. The van der Waals surface area contributed by atoms with Gasteiger partial charge in [-0.05, 0) is 68.1 Å². The fraction of sp³-hybridized carbons (Fsp3) is 0.739. The summed E-state index contributed by atoms with van der Waals surface area (Å²) in [5.41, 5.74) is -0.172. The summed E-state index contributed by atoms with van der Waals surface area (Å²) in [5, 5.41) is 0. The molecule has 5 heteroatoms. The summed E-state index contributed by atoms with van der Waals surface area (Å²) in [6, 6.07) is 0. The predicted octanol–water partition coefficient (Wildman–Crippen LogP) is 3.68. The number of carbonyl (C=O) groups is 2. The zero-order valence-corrected chi connectivity index (χ0v) is 16.9. The highest BCUT2D eigenvalue weighted by molar-refractivity contribution is 5.89. The summed E-state index contributed by atoms with van der Waals surface area (Å²) < 4.78 is 16.3. The minimum Gasteiger partial charge on any atom is -0.456 e. The number of hydrogen-bond acceptors (Lipinski definition) is 5. The molecule has 4 fully saturated rings. The van der Waals surface area contributed by atoms with Crippen LogP contribution in [0.25, 0.3) is 0 Å². The van der Waals surface area contributed by atoms with Crippen LogP contribution in [0.3, 0.4) is 0 Å². The van der Waals surface area contributed by atoms with Crippen LogP contribution in [0.4, 0.5) is 0 Å². The third kappa shape index (κ3) is 3.22. The van der Waals surface area contributed by atoms with Crippen LogP contribution in [-0.4, -0.2) is 37.4 Å². The van der Waals surface area contributed by atoms with Crippen LogP contribution in [0.1, 0.15) is 45.4 Å². The van der Waals surface area contributed by atoms with Gasteiger partial charge in [-0.2, -0.15) is 0 Å². The van der Waals surface area contributed by atoms with E-state index >= 15 is 0 Å². The van der Waals surface area contributed by atoms with E-state index in [1.165, 1.54) is 25.7 Å². The Morgan fingerprint density at radius 3 is 2.57 bits per heavy atom. The number of esters is 2. The number of hydrogen-bond donors (Lipinski definition) is 0. The minimum atomic E-state index is -0.618. The lowest BCUT2D eigenvalue weighted by Crippen LogP contribution is -2.48. The van der Waals surface area contributed by atoms with Gasteiger partial charge in [-0.15, -0.1) is 6.58 Å². The number of rotatable bonds is 9. The van der Waals surface area contributed by atoms with Crippen LogP contribution in [0.15, 0.2) is 24.8 Å². The normalized spacial score (nSPS) is 39.6. The molecule has 0 N–H and O–H groups in total. The van der Waals surface area contributed by atoms with E-state index in [0.717, 1.165) is 36.5 Å². The molecule has 4 aliphatic carbocycles. The smallest absolute Gasteiger partial charge is 0.344 e. The summed E-state index contributed by atoms with van der Waals surface area (Å²) in [6.07, 6.45) is 8.79. The number of fused-ring (bicyclic) bond motifs is 9. The quantitative estimate of drug-likeness (QED) is 0.198. The Bertz CT molecular complexity index is 670. The first kappa shape index (κ1) is 19.7. The summed E-state index contributed by atoms with van der Waals surface area (Å²) in [5.74, 6) is 3.52. The summed E-state index contributed by atoms with van der Waals surface area (Å²) >= 11 is 0. The minimum absolute atomic E-state index is 0.0637. The fourth-order valence-electron chi connectivity index (χ4n) is 7.10. The van der Waals surface area contributed by atoms with E-state index in [9.17, 15) is 9.59 Å². The van der Waals surface area contributed by atoms with Crippen molar-refractivity contribution in [1.29, 1.82) is 0 Å². The predicted molar refractivity (Wildman–Crippen MR) is 104 cm³/mol. The Morgan fingerprint density at radius 1 is 1.11 bits per heavy atom. The van der Waals surface area contributed by atoms with Gasteiger partial charge in [-0.25, -0.2) is 9.59 Å². The van der Waals surface area contributed by atoms with Gasteiger partial charge in [0.15, 0.2) is 6.61 Å². The Hall–Kier alpha value is -1.62. The molecule has 0 heterocycles. The highest BCUT2D eigenvalue weighted by Gasteiger charge is 2.67. The largest absolute Gasteiger partial charge is 0.456 e. The van der Waals surface area contributed by atoms with Crippen molar-refractivity contribution in [2.45, 2.75) is 51.0 Å². The van der Waals surface area contributed by atoms with Gasteiger partial charge in [0.1, 0.15) is 5.60 Å². The summed E-state index contributed by atoms with van der Waals surface area (Å²) in [6.45, 7) is 9.34. The highest BCUT2D eigenvalue weighted by atomic mass is 16.6. The molecule has 0 spiro atoms. The fourth-order valence-corrected chi connectivity index (χ4v) is 7.10. The maximum absolute atomic E-state index is 12.5. The van der Waals surface area contributed by atoms with Crippen LogP contribution < -0.4 is 0 Å². The molecule has 0 radical (unpaired) electrons. The Kier molecular flexibility index (Phi) is 5.38. The first-order chi connectivity index (χ1) is 13.5. The van der Waals surface area contributed by atoms with Crippen LogP contribution in [0, 0.1) is 35.5 Å². The van der Waals surface area contributed by atoms with Gasteiger partial charge in [-0.3, -0.25) is 0 Å². The SMILES string of the molecule is C=CCOCC(=C)C(=O)OCC(=O)OC1(CC)CC2CC1C1C3CCC(C3)C21. The molecule has 0 aliphatic heterocycles. The van der Waals surface area contributed by atoms with Crippen LogP contribution in [0.5, 0.6) is 0 Å². The molecule has 7 atom stereocenters. The molecule has 0 aromatic heterocycles. The molecule has 4 rings (SSSR count). The van der Waals surface area contributed by atoms with Crippen molar-refractivity contribution >= 4 is 11.9 Å². The van der Waals surface area contributed by atoms with Crippen molar-refractivity contribution in [2.24, 2.45) is 35.5 Å². The second kappa shape index (κ2) is 7.66. The van der Waals surface area contributed by atoms with E-state index in [0.29, 0.717) is 18.4 Å².